The summed E-state index contributed by atoms with van der Waals surface area (Å²) in [5.41, 5.74) is 0. The van der Waals surface area contributed by atoms with Crippen molar-refractivity contribution in [2.75, 3.05) is 33.4 Å². The standard InChI is InChI=1S/C9H21NO.ClH/c1-4-6-10(7-5-2)8-9-11-3;/h4-9H2,1-3H3;1H. The lowest BCUT2D eigenvalue weighted by Gasteiger charge is -2.19. The van der Waals surface area contributed by atoms with Crippen molar-refractivity contribution in [2.24, 2.45) is 0 Å². The van der Waals surface area contributed by atoms with Gasteiger partial charge in [-0.15, -0.1) is 12.4 Å². The number of nitrogens with zero attached hydrogens (tertiary/aromatic N) is 1. The topological polar surface area (TPSA) is 12.5 Å². The molecule has 2 nitrogen and oxygen atoms in total. The van der Waals surface area contributed by atoms with Gasteiger partial charge in [-0.25, -0.2) is 0 Å². The Labute approximate surface area is 82.7 Å². The van der Waals surface area contributed by atoms with Gasteiger partial charge in [-0.1, -0.05) is 13.8 Å². The van der Waals surface area contributed by atoms with Gasteiger partial charge in [0, 0.05) is 13.7 Å². The fraction of sp³-hybridized carbons (Fsp3) is 1.00. The Kier molecular flexibility index (Phi) is 13.7. The SMILES string of the molecule is CCCN(CCC)CCOC.Cl. The Balaban J connectivity index is 0. The largest absolute Gasteiger partial charge is 0.383 e. The van der Waals surface area contributed by atoms with Crippen molar-refractivity contribution in [2.45, 2.75) is 26.7 Å². The number of methoxy groups -OCH3 is 1. The number of ether oxygens (including phenoxy) is 1. The first-order valence-electron chi connectivity index (χ1n) is 4.56. The Morgan fingerprint density at radius 1 is 1.00 bits per heavy atom. The molecule has 3 heteroatoms. The second-order valence-corrected chi connectivity index (χ2v) is 2.83. The van der Waals surface area contributed by atoms with E-state index in [1.165, 1.54) is 25.9 Å². The third-order valence-corrected chi connectivity index (χ3v) is 1.69. The molecule has 76 valence electrons. The maximum atomic E-state index is 5.02. The van der Waals surface area contributed by atoms with E-state index in [1.54, 1.807) is 7.11 Å². The molecule has 0 saturated heterocycles. The maximum absolute atomic E-state index is 5.02. The molecule has 0 fully saturated rings. The van der Waals surface area contributed by atoms with Crippen LogP contribution >= 0.6 is 12.4 Å². The van der Waals surface area contributed by atoms with Gasteiger partial charge in [0.2, 0.25) is 0 Å². The molecule has 0 rings (SSSR count). The van der Waals surface area contributed by atoms with E-state index in [0.717, 1.165) is 13.2 Å². The van der Waals surface area contributed by atoms with Gasteiger partial charge in [-0.05, 0) is 25.9 Å². The summed E-state index contributed by atoms with van der Waals surface area (Å²) in [5, 5.41) is 0. The first kappa shape index (κ1) is 14.7. The molecule has 0 aromatic heterocycles. The summed E-state index contributed by atoms with van der Waals surface area (Å²) in [5.74, 6) is 0. The molecule has 0 atom stereocenters. The van der Waals surface area contributed by atoms with E-state index in [9.17, 15) is 0 Å². The van der Waals surface area contributed by atoms with Gasteiger partial charge in [0.05, 0.1) is 6.61 Å². The summed E-state index contributed by atoms with van der Waals surface area (Å²) in [6.07, 6.45) is 2.48. The maximum Gasteiger partial charge on any atom is 0.0589 e. The fourth-order valence-corrected chi connectivity index (χ4v) is 1.19. The third kappa shape index (κ3) is 8.31. The van der Waals surface area contributed by atoms with E-state index in [-0.39, 0.29) is 12.4 Å². The van der Waals surface area contributed by atoms with Crippen LogP contribution < -0.4 is 0 Å². The van der Waals surface area contributed by atoms with Crippen molar-refractivity contribution >= 4 is 12.4 Å². The molecule has 0 aromatic rings. The summed E-state index contributed by atoms with van der Waals surface area (Å²) in [4.78, 5) is 2.45. The minimum atomic E-state index is 0. The molecule has 0 bridgehead atoms. The smallest absolute Gasteiger partial charge is 0.0589 e. The quantitative estimate of drug-likeness (QED) is 0.618. The minimum Gasteiger partial charge on any atom is -0.383 e. The van der Waals surface area contributed by atoms with Crippen molar-refractivity contribution in [3.8, 4) is 0 Å². The summed E-state index contributed by atoms with van der Waals surface area (Å²) in [6.45, 7) is 8.79. The van der Waals surface area contributed by atoms with Crippen LogP contribution in [0, 0.1) is 0 Å². The highest BCUT2D eigenvalue weighted by Gasteiger charge is 1.99. The van der Waals surface area contributed by atoms with Gasteiger partial charge in [-0.2, -0.15) is 0 Å². The van der Waals surface area contributed by atoms with Gasteiger partial charge in [0.15, 0.2) is 0 Å². The van der Waals surface area contributed by atoms with Crippen LogP contribution in [0.1, 0.15) is 26.7 Å². The summed E-state index contributed by atoms with van der Waals surface area (Å²) < 4.78 is 5.02. The van der Waals surface area contributed by atoms with Crippen molar-refractivity contribution < 1.29 is 4.74 Å². The first-order valence-corrected chi connectivity index (χ1v) is 4.56. The molecule has 0 unspecified atom stereocenters. The van der Waals surface area contributed by atoms with E-state index in [2.05, 4.69) is 18.7 Å². The minimum absolute atomic E-state index is 0. The highest BCUT2D eigenvalue weighted by atomic mass is 35.5. The van der Waals surface area contributed by atoms with Crippen LogP contribution in [-0.2, 0) is 4.74 Å². The lowest BCUT2D eigenvalue weighted by atomic mass is 10.3. The molecule has 0 saturated carbocycles. The van der Waals surface area contributed by atoms with Crippen molar-refractivity contribution in [3.63, 3.8) is 0 Å². The van der Waals surface area contributed by atoms with Crippen molar-refractivity contribution in [3.05, 3.63) is 0 Å². The highest BCUT2D eigenvalue weighted by Crippen LogP contribution is 1.93. The van der Waals surface area contributed by atoms with Crippen LogP contribution in [0.5, 0.6) is 0 Å². The van der Waals surface area contributed by atoms with E-state index in [0.29, 0.717) is 0 Å². The molecule has 0 amide bonds. The molecular weight excluding hydrogens is 174 g/mol. The molecule has 0 heterocycles. The van der Waals surface area contributed by atoms with Gasteiger partial charge < -0.3 is 9.64 Å². The van der Waals surface area contributed by atoms with E-state index in [4.69, 9.17) is 4.74 Å². The lowest BCUT2D eigenvalue weighted by molar-refractivity contribution is 0.147. The molecule has 0 radical (unpaired) electrons. The second-order valence-electron chi connectivity index (χ2n) is 2.83. The van der Waals surface area contributed by atoms with Gasteiger partial charge >= 0.3 is 0 Å². The molecule has 0 N–H and O–H groups in total. The highest BCUT2D eigenvalue weighted by molar-refractivity contribution is 5.85. The van der Waals surface area contributed by atoms with E-state index >= 15 is 0 Å². The monoisotopic (exact) mass is 195 g/mol. The summed E-state index contributed by atoms with van der Waals surface area (Å²) >= 11 is 0. The Morgan fingerprint density at radius 3 is 1.83 bits per heavy atom. The van der Waals surface area contributed by atoms with Gasteiger partial charge in [0.25, 0.3) is 0 Å². The zero-order valence-corrected chi connectivity index (χ0v) is 9.32. The number of hydrogen-bond donors (Lipinski definition) is 0. The molecule has 0 aliphatic rings. The average Bonchev–Trinajstić information content (AvgIpc) is 2.01. The Morgan fingerprint density at radius 2 is 1.50 bits per heavy atom. The predicted octanol–water partition coefficient (Wildman–Crippen LogP) is 2.18. The number of hydrogen-bond acceptors (Lipinski definition) is 2. The van der Waals surface area contributed by atoms with Crippen LogP contribution in [0.3, 0.4) is 0 Å². The average molecular weight is 196 g/mol. The lowest BCUT2D eigenvalue weighted by Crippen LogP contribution is -2.28. The molecule has 0 aliphatic heterocycles. The van der Waals surface area contributed by atoms with Gasteiger partial charge in [0.1, 0.15) is 0 Å². The van der Waals surface area contributed by atoms with Crippen LogP contribution in [0.4, 0.5) is 0 Å². The molecule has 0 aromatic carbocycles. The van der Waals surface area contributed by atoms with Crippen molar-refractivity contribution in [1.29, 1.82) is 0 Å². The van der Waals surface area contributed by atoms with Gasteiger partial charge in [-0.3, -0.25) is 0 Å². The number of rotatable bonds is 7. The second kappa shape index (κ2) is 11.2. The fourth-order valence-electron chi connectivity index (χ4n) is 1.19. The summed E-state index contributed by atoms with van der Waals surface area (Å²) in [6, 6.07) is 0. The first-order chi connectivity index (χ1) is 5.35. The Hall–Kier alpha value is 0.210. The molecule has 12 heavy (non-hydrogen) atoms. The van der Waals surface area contributed by atoms with Crippen molar-refractivity contribution in [1.82, 2.24) is 4.90 Å². The molecular formula is C9H22ClNO. The zero-order chi connectivity index (χ0) is 8.53. The molecule has 0 spiro atoms. The van der Waals surface area contributed by atoms with Crippen LogP contribution in [0.25, 0.3) is 0 Å². The third-order valence-electron chi connectivity index (χ3n) is 1.69. The predicted molar refractivity (Wildman–Crippen MR) is 56.1 cm³/mol. The zero-order valence-electron chi connectivity index (χ0n) is 8.51. The Bertz CT molecular complexity index is 74.9. The number of halogens is 1. The van der Waals surface area contributed by atoms with Crippen LogP contribution in [0.2, 0.25) is 0 Å². The summed E-state index contributed by atoms with van der Waals surface area (Å²) in [7, 11) is 1.76. The van der Waals surface area contributed by atoms with Crippen LogP contribution in [-0.4, -0.2) is 38.3 Å². The van der Waals surface area contributed by atoms with E-state index in [1.807, 2.05) is 0 Å². The van der Waals surface area contributed by atoms with E-state index < -0.39 is 0 Å². The molecule has 0 aliphatic carbocycles. The normalized spacial score (nSPS) is 10.0. The van der Waals surface area contributed by atoms with Crippen LogP contribution in [0.15, 0.2) is 0 Å².